The molecule has 0 aliphatic heterocycles. The van der Waals surface area contributed by atoms with Crippen molar-refractivity contribution in [3.63, 3.8) is 0 Å². The number of nitrogens with one attached hydrogen (secondary N) is 1. The second-order valence-corrected chi connectivity index (χ2v) is 8.12. The molecule has 0 saturated heterocycles. The van der Waals surface area contributed by atoms with Crippen LogP contribution in [-0.2, 0) is 22.8 Å². The van der Waals surface area contributed by atoms with E-state index in [1.165, 1.54) is 19.4 Å². The Morgan fingerprint density at radius 2 is 1.85 bits per heavy atom. The van der Waals surface area contributed by atoms with Crippen LogP contribution in [0.4, 0.5) is 5.82 Å². The molecule has 0 aliphatic rings. The quantitative estimate of drug-likeness (QED) is 0.348. The van der Waals surface area contributed by atoms with E-state index in [2.05, 4.69) is 31.6 Å². The second-order valence-electron chi connectivity index (χ2n) is 6.91. The Kier molecular flexibility index (Phi) is 7.87. The number of methoxy groups -OCH3 is 1. The first-order valence-corrected chi connectivity index (χ1v) is 11.0. The first-order valence-electron chi connectivity index (χ1n) is 9.82. The fourth-order valence-electron chi connectivity index (χ4n) is 2.92. The van der Waals surface area contributed by atoms with Gasteiger partial charge >= 0.3 is 5.97 Å². The van der Waals surface area contributed by atoms with Gasteiger partial charge in [-0.15, -0.1) is 0 Å². The number of hydrogen-bond acceptors (Lipinski definition) is 6. The highest BCUT2D eigenvalue weighted by molar-refractivity contribution is 7.86. The molecule has 3 N–H and O–H groups in total. The Balaban J connectivity index is 0.00000324. The number of ether oxygens (including phenoxy) is 1. The summed E-state index contributed by atoms with van der Waals surface area (Å²) in [6.45, 7) is 0. The molecule has 0 amide bonds. The molecule has 9 nitrogen and oxygen atoms in total. The maximum Gasteiger partial charge on any atom is 0.338 e. The SMILES string of the molecule is COC(=O)c1cc(NS(=O)c2cnn(C)c2)nc(-c2ccc(C#Cc3cccnc3)cc2)c1.O. The number of aryl methyl sites for hydroxylation is 1. The monoisotopic (exact) mass is 475 g/mol. The highest BCUT2D eigenvalue weighted by atomic mass is 32.2. The molecule has 1 aromatic carbocycles. The first kappa shape index (κ1) is 24.3. The number of benzene rings is 1. The smallest absolute Gasteiger partial charge is 0.338 e. The zero-order valence-electron chi connectivity index (χ0n) is 18.4. The fraction of sp³-hybridized carbons (Fsp3) is 0.0833. The molecule has 0 saturated carbocycles. The van der Waals surface area contributed by atoms with Crippen molar-refractivity contribution >= 4 is 22.8 Å². The first-order chi connectivity index (χ1) is 16.0. The van der Waals surface area contributed by atoms with E-state index in [0.29, 0.717) is 10.6 Å². The van der Waals surface area contributed by atoms with Crippen LogP contribution in [0.2, 0.25) is 0 Å². The number of rotatable bonds is 5. The second kappa shape index (κ2) is 11.0. The molecule has 0 aliphatic carbocycles. The average molecular weight is 476 g/mol. The van der Waals surface area contributed by atoms with Crippen molar-refractivity contribution < 1.29 is 19.2 Å². The molecule has 4 rings (SSSR count). The zero-order valence-corrected chi connectivity index (χ0v) is 19.2. The molecule has 34 heavy (non-hydrogen) atoms. The minimum atomic E-state index is -1.60. The van der Waals surface area contributed by atoms with Crippen molar-refractivity contribution in [1.82, 2.24) is 19.7 Å². The molecule has 0 fully saturated rings. The van der Waals surface area contributed by atoms with Gasteiger partial charge in [0.15, 0.2) is 11.0 Å². The van der Waals surface area contributed by atoms with Crippen LogP contribution in [0.15, 0.2) is 78.2 Å². The lowest BCUT2D eigenvalue weighted by Gasteiger charge is -2.09. The van der Waals surface area contributed by atoms with Crippen LogP contribution in [0.3, 0.4) is 0 Å². The lowest BCUT2D eigenvalue weighted by atomic mass is 10.1. The summed E-state index contributed by atoms with van der Waals surface area (Å²) in [5.74, 6) is 5.90. The van der Waals surface area contributed by atoms with Crippen molar-refractivity contribution in [2.45, 2.75) is 4.90 Å². The Morgan fingerprint density at radius 3 is 2.50 bits per heavy atom. The van der Waals surface area contributed by atoms with Gasteiger partial charge in [0.05, 0.1) is 29.5 Å². The predicted octanol–water partition coefficient (Wildman–Crippen LogP) is 2.37. The third-order valence-electron chi connectivity index (χ3n) is 4.53. The van der Waals surface area contributed by atoms with E-state index in [-0.39, 0.29) is 16.9 Å². The van der Waals surface area contributed by atoms with Crippen LogP contribution in [0, 0.1) is 11.8 Å². The molecule has 10 heteroatoms. The minimum absolute atomic E-state index is 0. The van der Waals surface area contributed by atoms with Crippen LogP contribution in [0.25, 0.3) is 11.3 Å². The third kappa shape index (κ3) is 5.92. The standard InChI is InChI=1S/C24H19N5O3S.H2O/c1-29-16-21(15-26-29)33(31)28-23-13-20(24(30)32-2)12-22(27-23)19-9-7-17(8-10-19)5-6-18-4-3-11-25-14-18;/h3-4,7-16H,1-2H3,(H,27,28);1H2. The number of carbonyl (C=O) groups is 1. The van der Waals surface area contributed by atoms with Gasteiger partial charge in [0.2, 0.25) is 0 Å². The highest BCUT2D eigenvalue weighted by Crippen LogP contribution is 2.23. The van der Waals surface area contributed by atoms with Gasteiger partial charge in [0.25, 0.3) is 0 Å². The topological polar surface area (TPSA) is 130 Å². The van der Waals surface area contributed by atoms with Crippen molar-refractivity contribution in [2.75, 3.05) is 11.8 Å². The molecular formula is C24H21N5O4S. The van der Waals surface area contributed by atoms with Crippen LogP contribution >= 0.6 is 0 Å². The zero-order chi connectivity index (χ0) is 23.2. The lowest BCUT2D eigenvalue weighted by Crippen LogP contribution is -2.09. The number of nitrogens with zero attached hydrogens (tertiary/aromatic N) is 4. The molecule has 4 aromatic rings. The number of hydrogen-bond donors (Lipinski definition) is 1. The van der Waals surface area contributed by atoms with Crippen LogP contribution in [-0.4, -0.2) is 42.5 Å². The summed E-state index contributed by atoms with van der Waals surface area (Å²) in [6.07, 6.45) is 6.54. The summed E-state index contributed by atoms with van der Waals surface area (Å²) >= 11 is 0. The number of carbonyl (C=O) groups excluding carboxylic acids is 1. The van der Waals surface area contributed by atoms with E-state index in [4.69, 9.17) is 4.74 Å². The van der Waals surface area contributed by atoms with E-state index in [1.54, 1.807) is 36.4 Å². The fourth-order valence-corrected chi connectivity index (χ4v) is 3.72. The molecule has 0 radical (unpaired) electrons. The molecule has 3 aromatic heterocycles. The summed E-state index contributed by atoms with van der Waals surface area (Å²) in [4.78, 5) is 21.3. The van der Waals surface area contributed by atoms with Crippen molar-refractivity contribution in [3.05, 3.63) is 90.0 Å². The highest BCUT2D eigenvalue weighted by Gasteiger charge is 2.14. The van der Waals surface area contributed by atoms with Crippen LogP contribution in [0.5, 0.6) is 0 Å². The Bertz CT molecular complexity index is 1380. The van der Waals surface area contributed by atoms with E-state index < -0.39 is 17.0 Å². The molecule has 3 heterocycles. The molecule has 172 valence electrons. The Hall–Kier alpha value is -4.33. The summed E-state index contributed by atoms with van der Waals surface area (Å²) in [6, 6.07) is 14.3. The summed E-state index contributed by atoms with van der Waals surface area (Å²) in [5, 5.41) is 4.02. The maximum atomic E-state index is 12.6. The van der Waals surface area contributed by atoms with Crippen molar-refractivity contribution in [2.24, 2.45) is 7.05 Å². The van der Waals surface area contributed by atoms with Gasteiger partial charge in [-0.2, -0.15) is 5.10 Å². The van der Waals surface area contributed by atoms with Crippen LogP contribution in [0.1, 0.15) is 21.5 Å². The molecule has 0 spiro atoms. The van der Waals surface area contributed by atoms with E-state index >= 15 is 0 Å². The lowest BCUT2D eigenvalue weighted by molar-refractivity contribution is 0.0600. The largest absolute Gasteiger partial charge is 0.465 e. The minimum Gasteiger partial charge on any atom is -0.465 e. The van der Waals surface area contributed by atoms with Gasteiger partial charge in [-0.1, -0.05) is 24.0 Å². The van der Waals surface area contributed by atoms with Gasteiger partial charge in [-0.25, -0.2) is 14.0 Å². The molecule has 0 bridgehead atoms. The summed E-state index contributed by atoms with van der Waals surface area (Å²) in [7, 11) is 1.44. The average Bonchev–Trinajstić information content (AvgIpc) is 3.29. The molecule has 1 unspecified atom stereocenters. The number of anilines is 1. The van der Waals surface area contributed by atoms with Gasteiger partial charge in [0.1, 0.15) is 5.82 Å². The molecular weight excluding hydrogens is 454 g/mol. The van der Waals surface area contributed by atoms with E-state index in [9.17, 15) is 9.00 Å². The predicted molar refractivity (Wildman–Crippen MR) is 128 cm³/mol. The summed E-state index contributed by atoms with van der Waals surface area (Å²) < 4.78 is 21.9. The normalized spacial score (nSPS) is 10.9. The number of pyridine rings is 2. The Morgan fingerprint density at radius 1 is 1.09 bits per heavy atom. The van der Waals surface area contributed by atoms with Gasteiger partial charge in [-0.05, 0) is 36.4 Å². The van der Waals surface area contributed by atoms with Gasteiger partial charge < -0.3 is 10.2 Å². The van der Waals surface area contributed by atoms with Crippen LogP contribution < -0.4 is 4.72 Å². The number of esters is 1. The summed E-state index contributed by atoms with van der Waals surface area (Å²) in [5.41, 5.74) is 3.22. The number of aromatic nitrogens is 4. The maximum absolute atomic E-state index is 12.6. The van der Waals surface area contributed by atoms with Gasteiger partial charge in [0, 0.05) is 42.3 Å². The Labute approximate surface area is 198 Å². The van der Waals surface area contributed by atoms with E-state index in [1.807, 2.05) is 36.4 Å². The molecule has 1 atom stereocenters. The van der Waals surface area contributed by atoms with Crippen molar-refractivity contribution in [1.29, 1.82) is 0 Å². The van der Waals surface area contributed by atoms with E-state index in [0.717, 1.165) is 16.7 Å². The van der Waals surface area contributed by atoms with Crippen molar-refractivity contribution in [3.8, 4) is 23.1 Å². The third-order valence-corrected chi connectivity index (χ3v) is 5.57. The van der Waals surface area contributed by atoms with Gasteiger partial charge in [-0.3, -0.25) is 14.4 Å².